The average molecular weight is 403 g/mol. The molecule has 130 valence electrons. The van der Waals surface area contributed by atoms with E-state index < -0.39 is 0 Å². The van der Waals surface area contributed by atoms with Gasteiger partial charge in [0.05, 0.1) is 7.11 Å². The fraction of sp³-hybridized carbons (Fsp3) is 0.263. The fourth-order valence-corrected chi connectivity index (χ4v) is 3.34. The molecule has 0 saturated carbocycles. The van der Waals surface area contributed by atoms with E-state index in [2.05, 4.69) is 31.0 Å². The summed E-state index contributed by atoms with van der Waals surface area (Å²) in [6.07, 6.45) is 2.01. The summed E-state index contributed by atoms with van der Waals surface area (Å²) >= 11 is 3.38. The van der Waals surface area contributed by atoms with Gasteiger partial charge in [-0.05, 0) is 43.0 Å². The van der Waals surface area contributed by atoms with Gasteiger partial charge in [-0.3, -0.25) is 9.59 Å². The maximum Gasteiger partial charge on any atom is 0.322 e. The van der Waals surface area contributed by atoms with Crippen molar-refractivity contribution in [2.24, 2.45) is 0 Å². The van der Waals surface area contributed by atoms with Crippen molar-refractivity contribution < 1.29 is 9.53 Å². The lowest BCUT2D eigenvalue weighted by Crippen LogP contribution is -2.31. The second-order valence-corrected chi connectivity index (χ2v) is 6.78. The summed E-state index contributed by atoms with van der Waals surface area (Å²) in [6, 6.07) is 13.6. The predicted octanol–water partition coefficient (Wildman–Crippen LogP) is 3.36. The minimum absolute atomic E-state index is 0.0324. The van der Waals surface area contributed by atoms with Crippen molar-refractivity contribution in [3.05, 3.63) is 57.3 Å². The van der Waals surface area contributed by atoms with Gasteiger partial charge in [0.1, 0.15) is 6.04 Å². The molecule has 1 fully saturated rings. The molecule has 1 saturated heterocycles. The third-order valence-electron chi connectivity index (χ3n) is 4.24. The number of ether oxygens (including phenoxy) is 1. The van der Waals surface area contributed by atoms with Gasteiger partial charge in [-0.1, -0.05) is 40.2 Å². The van der Waals surface area contributed by atoms with Crippen LogP contribution < -0.4 is 10.9 Å². The monoisotopic (exact) mass is 402 g/mol. The summed E-state index contributed by atoms with van der Waals surface area (Å²) in [6.45, 7) is 0.944. The van der Waals surface area contributed by atoms with Crippen LogP contribution in [0.25, 0.3) is 21.7 Å². The van der Waals surface area contributed by atoms with Crippen LogP contribution in [0.5, 0.6) is 0 Å². The number of rotatable bonds is 1. The van der Waals surface area contributed by atoms with Crippen LogP contribution in [0.1, 0.15) is 12.8 Å². The van der Waals surface area contributed by atoms with Gasteiger partial charge >= 0.3 is 5.97 Å². The highest BCUT2D eigenvalue weighted by molar-refractivity contribution is 9.10. The van der Waals surface area contributed by atoms with Gasteiger partial charge in [0.2, 0.25) is 0 Å². The Labute approximate surface area is 153 Å². The average Bonchev–Trinajstić information content (AvgIpc) is 3.17. The molecule has 0 amide bonds. The predicted molar refractivity (Wildman–Crippen MR) is 103 cm³/mol. The molecule has 4 rings (SSSR count). The molecule has 6 heteroatoms. The molecule has 0 spiro atoms. The molecule has 2 aromatic carbocycles. The zero-order valence-corrected chi connectivity index (χ0v) is 15.4. The number of fused-ring (bicyclic) bond motifs is 3. The molecular weight excluding hydrogens is 384 g/mol. The van der Waals surface area contributed by atoms with Crippen molar-refractivity contribution in [1.82, 2.24) is 10.3 Å². The maximum absolute atomic E-state index is 11.9. The van der Waals surface area contributed by atoms with Crippen LogP contribution in [0.3, 0.4) is 0 Å². The lowest BCUT2D eigenvalue weighted by atomic mass is 10.1. The number of nitrogens with one attached hydrogen (secondary N) is 2. The van der Waals surface area contributed by atoms with Gasteiger partial charge in [-0.2, -0.15) is 0 Å². The van der Waals surface area contributed by atoms with Gasteiger partial charge in [0.15, 0.2) is 0 Å². The number of hydrogen-bond donors (Lipinski definition) is 2. The lowest BCUT2D eigenvalue weighted by Gasteiger charge is -2.04. The van der Waals surface area contributed by atoms with Crippen LogP contribution >= 0.6 is 15.9 Å². The highest BCUT2D eigenvalue weighted by Gasteiger charge is 2.21. The number of aromatic nitrogens is 1. The number of halogens is 1. The van der Waals surface area contributed by atoms with Crippen molar-refractivity contribution in [2.75, 3.05) is 13.7 Å². The summed E-state index contributed by atoms with van der Waals surface area (Å²) in [5.41, 5.74) is 0.831. The summed E-state index contributed by atoms with van der Waals surface area (Å²) < 4.78 is 5.45. The molecule has 5 nitrogen and oxygen atoms in total. The Bertz CT molecular complexity index is 962. The van der Waals surface area contributed by atoms with E-state index in [1.807, 2.05) is 42.5 Å². The lowest BCUT2D eigenvalue weighted by molar-refractivity contribution is -0.142. The SMILES string of the molecule is COC(=O)C1CCCN1.O=c1[nH]c2ccccc2c2ccc(Br)cc12. The second-order valence-electron chi connectivity index (χ2n) is 5.86. The number of hydrogen-bond acceptors (Lipinski definition) is 4. The van der Waals surface area contributed by atoms with E-state index in [-0.39, 0.29) is 17.6 Å². The molecule has 0 radical (unpaired) electrons. The molecule has 2 heterocycles. The molecule has 1 atom stereocenters. The Kier molecular flexibility index (Phi) is 5.50. The Balaban J connectivity index is 0.000000173. The first kappa shape index (κ1) is 17.6. The zero-order chi connectivity index (χ0) is 17.8. The number of pyridine rings is 1. The first-order chi connectivity index (χ1) is 12.1. The molecule has 25 heavy (non-hydrogen) atoms. The topological polar surface area (TPSA) is 71.2 Å². The summed E-state index contributed by atoms with van der Waals surface area (Å²) in [5, 5.41) is 5.81. The Morgan fingerprint density at radius 2 is 1.96 bits per heavy atom. The van der Waals surface area contributed by atoms with Crippen molar-refractivity contribution in [1.29, 1.82) is 0 Å². The first-order valence-corrected chi connectivity index (χ1v) is 8.91. The quantitative estimate of drug-likeness (QED) is 0.483. The van der Waals surface area contributed by atoms with Crippen LogP contribution in [0, 0.1) is 0 Å². The highest BCUT2D eigenvalue weighted by atomic mass is 79.9. The van der Waals surface area contributed by atoms with Crippen LogP contribution in [0.2, 0.25) is 0 Å². The van der Waals surface area contributed by atoms with Crippen molar-refractivity contribution in [3.8, 4) is 0 Å². The number of benzene rings is 2. The van der Waals surface area contributed by atoms with E-state index in [4.69, 9.17) is 0 Å². The van der Waals surface area contributed by atoms with E-state index >= 15 is 0 Å². The number of methoxy groups -OCH3 is 1. The zero-order valence-electron chi connectivity index (χ0n) is 13.8. The molecule has 1 unspecified atom stereocenters. The van der Waals surface area contributed by atoms with Gasteiger partial charge in [0.25, 0.3) is 5.56 Å². The minimum Gasteiger partial charge on any atom is -0.468 e. The van der Waals surface area contributed by atoms with E-state index in [0.29, 0.717) is 5.39 Å². The first-order valence-electron chi connectivity index (χ1n) is 8.11. The van der Waals surface area contributed by atoms with Crippen LogP contribution in [-0.4, -0.2) is 30.6 Å². The third-order valence-corrected chi connectivity index (χ3v) is 4.73. The number of carbonyl (C=O) groups is 1. The normalized spacial score (nSPS) is 16.5. The molecule has 1 aromatic heterocycles. The molecular formula is C19H19BrN2O3. The largest absolute Gasteiger partial charge is 0.468 e. The van der Waals surface area contributed by atoms with Gasteiger partial charge in [0, 0.05) is 20.8 Å². The van der Waals surface area contributed by atoms with Crippen molar-refractivity contribution >= 4 is 43.6 Å². The van der Waals surface area contributed by atoms with Crippen LogP contribution in [-0.2, 0) is 9.53 Å². The summed E-state index contributed by atoms with van der Waals surface area (Å²) in [4.78, 5) is 25.5. The van der Waals surface area contributed by atoms with Crippen LogP contribution in [0.15, 0.2) is 51.7 Å². The van der Waals surface area contributed by atoms with E-state index in [1.54, 1.807) is 0 Å². The molecule has 0 aliphatic carbocycles. The third kappa shape index (κ3) is 3.91. The molecule has 0 bridgehead atoms. The molecule has 3 aromatic rings. The number of para-hydroxylation sites is 1. The fourth-order valence-electron chi connectivity index (χ4n) is 2.98. The molecule has 1 aliphatic heterocycles. The number of H-pyrrole nitrogens is 1. The number of esters is 1. The maximum atomic E-state index is 11.9. The Hall–Kier alpha value is -2.18. The Morgan fingerprint density at radius 1 is 1.16 bits per heavy atom. The smallest absolute Gasteiger partial charge is 0.322 e. The van der Waals surface area contributed by atoms with Gasteiger partial charge < -0.3 is 15.0 Å². The number of carbonyl (C=O) groups excluding carboxylic acids is 1. The van der Waals surface area contributed by atoms with Gasteiger partial charge in [-0.15, -0.1) is 0 Å². The minimum atomic E-state index is -0.132. The Morgan fingerprint density at radius 3 is 2.68 bits per heavy atom. The van der Waals surface area contributed by atoms with Crippen LogP contribution in [0.4, 0.5) is 0 Å². The standard InChI is InChI=1S/C13H8BrNO.C6H11NO2/c14-8-5-6-9-10-3-1-2-4-12(10)15-13(16)11(9)7-8;1-9-6(8)5-3-2-4-7-5/h1-7H,(H,15,16);5,7H,2-4H2,1H3. The highest BCUT2D eigenvalue weighted by Crippen LogP contribution is 2.23. The summed E-state index contributed by atoms with van der Waals surface area (Å²) in [7, 11) is 1.42. The van der Waals surface area contributed by atoms with E-state index in [0.717, 1.165) is 40.1 Å². The summed E-state index contributed by atoms with van der Waals surface area (Å²) in [5.74, 6) is -0.132. The second kappa shape index (κ2) is 7.80. The molecule has 2 N–H and O–H groups in total. The van der Waals surface area contributed by atoms with Gasteiger partial charge in [-0.25, -0.2) is 0 Å². The van der Waals surface area contributed by atoms with Crippen molar-refractivity contribution in [3.63, 3.8) is 0 Å². The number of aromatic amines is 1. The van der Waals surface area contributed by atoms with E-state index in [9.17, 15) is 9.59 Å². The van der Waals surface area contributed by atoms with Crippen molar-refractivity contribution in [2.45, 2.75) is 18.9 Å². The van der Waals surface area contributed by atoms with E-state index in [1.165, 1.54) is 7.11 Å². The molecule has 1 aliphatic rings.